The first-order valence-electron chi connectivity index (χ1n) is 5.65. The minimum absolute atomic E-state index is 0.206. The van der Waals surface area contributed by atoms with Crippen LogP contribution in [-0.2, 0) is 12.8 Å². The largest absolute Gasteiger partial charge is 0.323 e. The maximum Gasteiger partial charge on any atom is 0.0395 e. The second kappa shape index (κ2) is 5.62. The molecule has 0 fully saturated rings. The minimum atomic E-state index is 0.206. The Balaban J connectivity index is 1.95. The van der Waals surface area contributed by atoms with Crippen LogP contribution in [0, 0.1) is 0 Å². The molecule has 0 spiro atoms. The van der Waals surface area contributed by atoms with E-state index >= 15 is 0 Å². The van der Waals surface area contributed by atoms with Gasteiger partial charge < -0.3 is 5.73 Å². The summed E-state index contributed by atoms with van der Waals surface area (Å²) in [5.74, 6) is 0. The van der Waals surface area contributed by atoms with Gasteiger partial charge in [-0.1, -0.05) is 13.0 Å². The molecule has 2 N–H and O–H groups in total. The van der Waals surface area contributed by atoms with Crippen molar-refractivity contribution in [1.29, 1.82) is 0 Å². The van der Waals surface area contributed by atoms with Crippen molar-refractivity contribution in [3.63, 3.8) is 0 Å². The topological polar surface area (TPSA) is 26.0 Å². The average Bonchev–Trinajstić information content (AvgIpc) is 2.96. The SMILES string of the molecule is CCc1ccsc1C(N)CCc1cccs1. The Labute approximate surface area is 105 Å². The molecule has 1 nitrogen and oxygen atoms in total. The Bertz CT molecular complexity index is 417. The molecule has 0 bridgehead atoms. The van der Waals surface area contributed by atoms with E-state index in [2.05, 4.69) is 35.9 Å². The van der Waals surface area contributed by atoms with E-state index in [0.29, 0.717) is 0 Å². The number of hydrogen-bond donors (Lipinski definition) is 1. The van der Waals surface area contributed by atoms with Crippen LogP contribution in [-0.4, -0.2) is 0 Å². The summed E-state index contributed by atoms with van der Waals surface area (Å²) in [6.45, 7) is 2.19. The molecule has 16 heavy (non-hydrogen) atoms. The van der Waals surface area contributed by atoms with E-state index < -0.39 is 0 Å². The van der Waals surface area contributed by atoms with Crippen molar-refractivity contribution < 1.29 is 0 Å². The minimum Gasteiger partial charge on any atom is -0.323 e. The van der Waals surface area contributed by atoms with Gasteiger partial charge in [-0.2, -0.15) is 0 Å². The number of hydrogen-bond acceptors (Lipinski definition) is 3. The van der Waals surface area contributed by atoms with Gasteiger partial charge in [-0.25, -0.2) is 0 Å². The van der Waals surface area contributed by atoms with Crippen molar-refractivity contribution in [2.75, 3.05) is 0 Å². The molecule has 0 aliphatic heterocycles. The number of aryl methyl sites for hydroxylation is 2. The Morgan fingerprint density at radius 2 is 2.12 bits per heavy atom. The van der Waals surface area contributed by atoms with Crippen molar-refractivity contribution >= 4 is 22.7 Å². The van der Waals surface area contributed by atoms with Crippen LogP contribution in [0.25, 0.3) is 0 Å². The van der Waals surface area contributed by atoms with Gasteiger partial charge in [0.1, 0.15) is 0 Å². The van der Waals surface area contributed by atoms with E-state index in [-0.39, 0.29) is 6.04 Å². The standard InChI is InChI=1S/C13H17NS2/c1-2-10-7-9-16-13(10)12(14)6-5-11-4-3-8-15-11/h3-4,7-9,12H,2,5-6,14H2,1H3. The molecule has 2 rings (SSSR count). The van der Waals surface area contributed by atoms with Crippen LogP contribution in [0.15, 0.2) is 29.0 Å². The zero-order chi connectivity index (χ0) is 11.4. The van der Waals surface area contributed by atoms with Gasteiger partial charge in [0.15, 0.2) is 0 Å². The van der Waals surface area contributed by atoms with Crippen molar-refractivity contribution in [2.45, 2.75) is 32.2 Å². The van der Waals surface area contributed by atoms with Crippen LogP contribution in [0.4, 0.5) is 0 Å². The fourth-order valence-corrected chi connectivity index (χ4v) is 3.61. The van der Waals surface area contributed by atoms with E-state index in [1.54, 1.807) is 11.3 Å². The Hall–Kier alpha value is -0.640. The summed E-state index contributed by atoms with van der Waals surface area (Å²) in [5.41, 5.74) is 7.67. The first kappa shape index (κ1) is 11.8. The molecule has 86 valence electrons. The van der Waals surface area contributed by atoms with Crippen molar-refractivity contribution in [2.24, 2.45) is 5.73 Å². The summed E-state index contributed by atoms with van der Waals surface area (Å²) < 4.78 is 0. The molecule has 0 aromatic carbocycles. The summed E-state index contributed by atoms with van der Waals surface area (Å²) in [6.07, 6.45) is 3.24. The highest BCUT2D eigenvalue weighted by atomic mass is 32.1. The lowest BCUT2D eigenvalue weighted by atomic mass is 10.1. The van der Waals surface area contributed by atoms with Crippen LogP contribution >= 0.6 is 22.7 Å². The molecule has 0 aliphatic carbocycles. The molecule has 2 heterocycles. The highest BCUT2D eigenvalue weighted by Gasteiger charge is 2.11. The molecule has 2 aromatic heterocycles. The molecular weight excluding hydrogens is 234 g/mol. The third-order valence-corrected chi connectivity index (χ3v) is 4.81. The van der Waals surface area contributed by atoms with E-state index in [0.717, 1.165) is 19.3 Å². The van der Waals surface area contributed by atoms with Gasteiger partial charge in [0.2, 0.25) is 0 Å². The molecule has 1 atom stereocenters. The Morgan fingerprint density at radius 1 is 1.25 bits per heavy atom. The smallest absolute Gasteiger partial charge is 0.0395 e. The Morgan fingerprint density at radius 3 is 2.81 bits per heavy atom. The predicted molar refractivity (Wildman–Crippen MR) is 73.3 cm³/mol. The molecule has 0 saturated carbocycles. The van der Waals surface area contributed by atoms with Crippen LogP contribution in [0.5, 0.6) is 0 Å². The summed E-state index contributed by atoms with van der Waals surface area (Å²) in [7, 11) is 0. The lowest BCUT2D eigenvalue weighted by Gasteiger charge is -2.11. The highest BCUT2D eigenvalue weighted by Crippen LogP contribution is 2.27. The summed E-state index contributed by atoms with van der Waals surface area (Å²) in [5, 5.41) is 4.28. The van der Waals surface area contributed by atoms with E-state index in [1.165, 1.54) is 15.3 Å². The number of thiophene rings is 2. The quantitative estimate of drug-likeness (QED) is 0.854. The fourth-order valence-electron chi connectivity index (χ4n) is 1.85. The second-order valence-electron chi connectivity index (χ2n) is 3.89. The van der Waals surface area contributed by atoms with Gasteiger partial charge in [-0.15, -0.1) is 22.7 Å². The van der Waals surface area contributed by atoms with Gasteiger partial charge in [0.25, 0.3) is 0 Å². The molecule has 2 aromatic rings. The van der Waals surface area contributed by atoms with E-state index in [4.69, 9.17) is 5.73 Å². The number of nitrogens with two attached hydrogens (primary N) is 1. The zero-order valence-electron chi connectivity index (χ0n) is 9.48. The van der Waals surface area contributed by atoms with Crippen molar-refractivity contribution in [1.82, 2.24) is 0 Å². The van der Waals surface area contributed by atoms with Gasteiger partial charge in [-0.05, 0) is 47.7 Å². The van der Waals surface area contributed by atoms with E-state index in [9.17, 15) is 0 Å². The third kappa shape index (κ3) is 2.73. The molecule has 0 saturated heterocycles. The van der Waals surface area contributed by atoms with Crippen LogP contribution < -0.4 is 5.73 Å². The molecule has 0 radical (unpaired) electrons. The Kier molecular flexibility index (Phi) is 4.16. The second-order valence-corrected chi connectivity index (χ2v) is 5.87. The summed E-state index contributed by atoms with van der Waals surface area (Å²) in [6, 6.07) is 6.70. The lowest BCUT2D eigenvalue weighted by Crippen LogP contribution is -2.11. The zero-order valence-corrected chi connectivity index (χ0v) is 11.1. The van der Waals surface area contributed by atoms with E-state index in [1.807, 2.05) is 11.3 Å². The van der Waals surface area contributed by atoms with Crippen molar-refractivity contribution in [3.8, 4) is 0 Å². The lowest BCUT2D eigenvalue weighted by molar-refractivity contribution is 0.661. The predicted octanol–water partition coefficient (Wildman–Crippen LogP) is 4.00. The first-order valence-corrected chi connectivity index (χ1v) is 7.41. The van der Waals surface area contributed by atoms with Gasteiger partial charge in [0, 0.05) is 15.8 Å². The van der Waals surface area contributed by atoms with Gasteiger partial charge in [-0.3, -0.25) is 0 Å². The average molecular weight is 251 g/mol. The monoisotopic (exact) mass is 251 g/mol. The van der Waals surface area contributed by atoms with Crippen molar-refractivity contribution in [3.05, 3.63) is 44.3 Å². The van der Waals surface area contributed by atoms with Gasteiger partial charge in [0.05, 0.1) is 0 Å². The maximum atomic E-state index is 6.25. The normalized spacial score (nSPS) is 12.9. The van der Waals surface area contributed by atoms with Crippen LogP contribution in [0.2, 0.25) is 0 Å². The molecule has 0 aliphatic rings. The summed E-state index contributed by atoms with van der Waals surface area (Å²) in [4.78, 5) is 2.81. The van der Waals surface area contributed by atoms with Crippen LogP contribution in [0.3, 0.4) is 0 Å². The third-order valence-electron chi connectivity index (χ3n) is 2.78. The molecular formula is C13H17NS2. The number of rotatable bonds is 5. The van der Waals surface area contributed by atoms with Gasteiger partial charge >= 0.3 is 0 Å². The molecule has 3 heteroatoms. The fraction of sp³-hybridized carbons (Fsp3) is 0.385. The molecule has 1 unspecified atom stereocenters. The highest BCUT2D eigenvalue weighted by molar-refractivity contribution is 7.10. The maximum absolute atomic E-state index is 6.25. The molecule has 0 amide bonds. The van der Waals surface area contributed by atoms with Crippen LogP contribution in [0.1, 0.15) is 34.7 Å². The summed E-state index contributed by atoms with van der Waals surface area (Å²) >= 11 is 3.62. The first-order chi connectivity index (χ1) is 7.81.